The lowest BCUT2D eigenvalue weighted by molar-refractivity contribution is 0.0730. The third-order valence-electron chi connectivity index (χ3n) is 3.48. The minimum absolute atomic E-state index is 0.103. The third-order valence-corrected chi connectivity index (χ3v) is 3.48. The summed E-state index contributed by atoms with van der Waals surface area (Å²) in [7, 11) is 3.09. The number of carbonyl (C=O) groups is 1. The Balaban J connectivity index is 2.33. The van der Waals surface area contributed by atoms with Crippen LogP contribution < -0.4 is 5.73 Å². The van der Waals surface area contributed by atoms with Crippen molar-refractivity contribution in [2.75, 3.05) is 12.8 Å². The van der Waals surface area contributed by atoms with Crippen molar-refractivity contribution in [2.24, 2.45) is 7.05 Å². The molecule has 0 saturated heterocycles. The highest BCUT2D eigenvalue weighted by Gasteiger charge is 2.25. The molecule has 1 atom stereocenters. The number of amides is 1. The number of aromatic nitrogens is 2. The quantitative estimate of drug-likeness (QED) is 0.943. The highest BCUT2D eigenvalue weighted by Crippen LogP contribution is 2.25. The molecule has 0 radical (unpaired) electrons. The maximum absolute atomic E-state index is 13.8. The minimum atomic E-state index is -0.650. The van der Waals surface area contributed by atoms with Crippen LogP contribution in [0.25, 0.3) is 0 Å². The van der Waals surface area contributed by atoms with Gasteiger partial charge in [-0.15, -0.1) is 0 Å². The van der Waals surface area contributed by atoms with E-state index >= 15 is 0 Å². The summed E-state index contributed by atoms with van der Waals surface area (Å²) in [5.41, 5.74) is 6.26. The van der Waals surface area contributed by atoms with Gasteiger partial charge in [0.2, 0.25) is 0 Å². The lowest BCUT2D eigenvalue weighted by atomic mass is 10.1. The van der Waals surface area contributed by atoms with Crippen molar-refractivity contribution in [3.8, 4) is 0 Å². The average molecular weight is 294 g/mol. The molecule has 1 unspecified atom stereocenters. The first-order valence-electron chi connectivity index (χ1n) is 6.32. The van der Waals surface area contributed by atoms with Crippen LogP contribution in [0.3, 0.4) is 0 Å². The first kappa shape index (κ1) is 15.0. The minimum Gasteiger partial charge on any atom is -0.396 e. The molecule has 0 spiro atoms. The second-order valence-corrected chi connectivity index (χ2v) is 4.83. The normalized spacial score (nSPS) is 12.2. The summed E-state index contributed by atoms with van der Waals surface area (Å²) < 4.78 is 28.4. The highest BCUT2D eigenvalue weighted by molar-refractivity contribution is 5.97. The highest BCUT2D eigenvalue weighted by atomic mass is 19.1. The topological polar surface area (TPSA) is 64.2 Å². The van der Waals surface area contributed by atoms with Gasteiger partial charge in [-0.25, -0.2) is 8.78 Å². The van der Waals surface area contributed by atoms with E-state index in [1.54, 1.807) is 14.0 Å². The summed E-state index contributed by atoms with van der Waals surface area (Å²) in [5, 5.41) is 3.89. The van der Waals surface area contributed by atoms with Crippen molar-refractivity contribution >= 4 is 11.6 Å². The summed E-state index contributed by atoms with van der Waals surface area (Å²) in [4.78, 5) is 13.7. The molecule has 1 aromatic carbocycles. The number of anilines is 1. The predicted molar refractivity (Wildman–Crippen MR) is 74.5 cm³/mol. The number of carbonyl (C=O) groups excluding carboxylic acids is 1. The standard InChI is InChI=1S/C14H16F2N4O/c1-8(10-6-9(15)4-5-11(10)16)19(2)14(21)13-12(17)7-18-20(13)3/h4-8H,17H2,1-3H3. The molecule has 112 valence electrons. The van der Waals surface area contributed by atoms with Crippen LogP contribution in [0.1, 0.15) is 29.0 Å². The molecule has 0 aliphatic rings. The maximum atomic E-state index is 13.8. The summed E-state index contributed by atoms with van der Waals surface area (Å²) in [6, 6.07) is 2.50. The predicted octanol–water partition coefficient (Wildman–Crippen LogP) is 2.11. The van der Waals surface area contributed by atoms with E-state index in [-0.39, 0.29) is 16.9 Å². The van der Waals surface area contributed by atoms with E-state index in [9.17, 15) is 13.6 Å². The second-order valence-electron chi connectivity index (χ2n) is 4.83. The molecule has 2 rings (SSSR count). The Morgan fingerprint density at radius 2 is 2.10 bits per heavy atom. The Labute approximate surface area is 121 Å². The van der Waals surface area contributed by atoms with Gasteiger partial charge in [-0.3, -0.25) is 9.48 Å². The first-order chi connectivity index (χ1) is 9.82. The van der Waals surface area contributed by atoms with Gasteiger partial charge in [0.15, 0.2) is 0 Å². The molecular weight excluding hydrogens is 278 g/mol. The fraction of sp³-hybridized carbons (Fsp3) is 0.286. The molecule has 0 aliphatic carbocycles. The number of nitrogens with two attached hydrogens (primary N) is 1. The molecule has 0 fully saturated rings. The molecule has 1 amide bonds. The lowest BCUT2D eigenvalue weighted by Gasteiger charge is -2.26. The third kappa shape index (κ3) is 2.72. The average Bonchev–Trinajstić information content (AvgIpc) is 2.78. The van der Waals surface area contributed by atoms with Crippen molar-refractivity contribution in [1.29, 1.82) is 0 Å². The van der Waals surface area contributed by atoms with Crippen LogP contribution in [-0.2, 0) is 7.05 Å². The number of hydrogen-bond donors (Lipinski definition) is 1. The van der Waals surface area contributed by atoms with Crippen LogP contribution in [0.2, 0.25) is 0 Å². The molecule has 7 heteroatoms. The van der Waals surface area contributed by atoms with Crippen molar-refractivity contribution in [3.05, 3.63) is 47.3 Å². The number of aryl methyl sites for hydroxylation is 1. The fourth-order valence-corrected chi connectivity index (χ4v) is 2.10. The van der Waals surface area contributed by atoms with Gasteiger partial charge < -0.3 is 10.6 Å². The largest absolute Gasteiger partial charge is 0.396 e. The summed E-state index contributed by atoms with van der Waals surface area (Å²) in [5.74, 6) is -1.54. The van der Waals surface area contributed by atoms with E-state index in [0.717, 1.165) is 18.2 Å². The summed E-state index contributed by atoms with van der Waals surface area (Å²) in [6.07, 6.45) is 1.37. The number of halogens is 2. The van der Waals surface area contributed by atoms with Crippen LogP contribution in [0.5, 0.6) is 0 Å². The number of benzene rings is 1. The molecule has 1 heterocycles. The first-order valence-corrected chi connectivity index (χ1v) is 6.32. The Bertz CT molecular complexity index is 664. The van der Waals surface area contributed by atoms with E-state index in [2.05, 4.69) is 5.10 Å². The summed E-state index contributed by atoms with van der Waals surface area (Å²) in [6.45, 7) is 1.61. The molecule has 0 saturated carbocycles. The van der Waals surface area contributed by atoms with Crippen LogP contribution in [0.15, 0.2) is 24.4 Å². The van der Waals surface area contributed by atoms with E-state index in [0.29, 0.717) is 0 Å². The van der Waals surface area contributed by atoms with Crippen molar-refractivity contribution in [1.82, 2.24) is 14.7 Å². The van der Waals surface area contributed by atoms with Gasteiger partial charge in [-0.1, -0.05) is 0 Å². The number of nitrogen functional groups attached to an aromatic ring is 1. The number of nitrogens with zero attached hydrogens (tertiary/aromatic N) is 3. The molecule has 2 aromatic rings. The van der Waals surface area contributed by atoms with Gasteiger partial charge in [-0.2, -0.15) is 5.10 Å². The Morgan fingerprint density at radius 3 is 2.67 bits per heavy atom. The Kier molecular flexibility index (Phi) is 3.93. The molecule has 2 N–H and O–H groups in total. The van der Waals surface area contributed by atoms with Crippen LogP contribution in [-0.4, -0.2) is 27.6 Å². The van der Waals surface area contributed by atoms with E-state index in [1.807, 2.05) is 0 Å². The Morgan fingerprint density at radius 1 is 1.43 bits per heavy atom. The molecule has 5 nitrogen and oxygen atoms in total. The van der Waals surface area contributed by atoms with E-state index in [4.69, 9.17) is 5.73 Å². The molecule has 1 aromatic heterocycles. The Hall–Kier alpha value is -2.44. The van der Waals surface area contributed by atoms with Gasteiger partial charge >= 0.3 is 0 Å². The van der Waals surface area contributed by atoms with Crippen molar-refractivity contribution in [3.63, 3.8) is 0 Å². The molecular formula is C14H16F2N4O. The van der Waals surface area contributed by atoms with Gasteiger partial charge in [0.25, 0.3) is 5.91 Å². The van der Waals surface area contributed by atoms with Crippen LogP contribution in [0.4, 0.5) is 14.5 Å². The SMILES string of the molecule is CC(c1cc(F)ccc1F)N(C)C(=O)c1c(N)cnn1C. The zero-order valence-corrected chi connectivity index (χ0v) is 12.0. The van der Waals surface area contributed by atoms with E-state index in [1.165, 1.54) is 22.8 Å². The molecule has 0 bridgehead atoms. The summed E-state index contributed by atoms with van der Waals surface area (Å²) >= 11 is 0. The molecule has 0 aliphatic heterocycles. The van der Waals surface area contributed by atoms with Crippen molar-refractivity contribution in [2.45, 2.75) is 13.0 Å². The number of hydrogen-bond acceptors (Lipinski definition) is 3. The number of rotatable bonds is 3. The fourth-order valence-electron chi connectivity index (χ4n) is 2.10. The van der Waals surface area contributed by atoms with Crippen LogP contribution in [0, 0.1) is 11.6 Å². The smallest absolute Gasteiger partial charge is 0.274 e. The van der Waals surface area contributed by atoms with Crippen molar-refractivity contribution < 1.29 is 13.6 Å². The molecule has 21 heavy (non-hydrogen) atoms. The van der Waals surface area contributed by atoms with Gasteiger partial charge in [-0.05, 0) is 25.1 Å². The zero-order valence-electron chi connectivity index (χ0n) is 12.0. The lowest BCUT2D eigenvalue weighted by Crippen LogP contribution is -2.32. The zero-order chi connectivity index (χ0) is 15.7. The van der Waals surface area contributed by atoms with Gasteiger partial charge in [0, 0.05) is 19.7 Å². The van der Waals surface area contributed by atoms with Crippen LogP contribution >= 0.6 is 0 Å². The van der Waals surface area contributed by atoms with Gasteiger partial charge in [0.05, 0.1) is 17.9 Å². The van der Waals surface area contributed by atoms with E-state index < -0.39 is 23.6 Å². The monoisotopic (exact) mass is 294 g/mol. The van der Waals surface area contributed by atoms with Gasteiger partial charge in [0.1, 0.15) is 17.3 Å². The second kappa shape index (κ2) is 5.51. The maximum Gasteiger partial charge on any atom is 0.274 e.